The maximum atomic E-state index is 11.4. The summed E-state index contributed by atoms with van der Waals surface area (Å²) in [5.74, 6) is 0. The van der Waals surface area contributed by atoms with E-state index in [0.29, 0.717) is 6.54 Å². The first-order valence-corrected chi connectivity index (χ1v) is 6.95. The summed E-state index contributed by atoms with van der Waals surface area (Å²) in [6.07, 6.45) is 6.89. The number of rotatable bonds is 7. The number of imidazole rings is 1. The summed E-state index contributed by atoms with van der Waals surface area (Å²) in [6, 6.07) is 1.71. The quantitative estimate of drug-likeness (QED) is 0.719. The van der Waals surface area contributed by atoms with E-state index >= 15 is 0 Å². The smallest absolute Gasteiger partial charge is 0.227 e. The average Bonchev–Trinajstić information content (AvgIpc) is 2.80. The Labute approximate surface area is 101 Å². The predicted molar refractivity (Wildman–Crippen MR) is 63.5 cm³/mol. The van der Waals surface area contributed by atoms with Gasteiger partial charge in [-0.2, -0.15) is 5.26 Å². The van der Waals surface area contributed by atoms with Crippen LogP contribution in [0.1, 0.15) is 19.8 Å². The Hall–Kier alpha value is -1.39. The van der Waals surface area contributed by atoms with Crippen molar-refractivity contribution in [2.75, 3.05) is 6.54 Å². The lowest BCUT2D eigenvalue weighted by Gasteiger charge is -2.07. The van der Waals surface area contributed by atoms with Crippen LogP contribution in [-0.4, -0.2) is 29.8 Å². The van der Waals surface area contributed by atoms with Crippen molar-refractivity contribution in [3.63, 3.8) is 0 Å². The van der Waals surface area contributed by atoms with Crippen LogP contribution >= 0.6 is 0 Å². The van der Waals surface area contributed by atoms with Crippen LogP contribution in [0.2, 0.25) is 0 Å². The van der Waals surface area contributed by atoms with Gasteiger partial charge in [0.2, 0.25) is 10.0 Å². The van der Waals surface area contributed by atoms with Crippen molar-refractivity contribution in [1.29, 1.82) is 5.26 Å². The molecular formula is C10H16N4O2S. The SMILES string of the molecule is CC(C#N)S(=O)(=O)NCCCCn1ccnc1. The predicted octanol–water partition coefficient (Wildman–Crippen LogP) is 0.495. The van der Waals surface area contributed by atoms with E-state index in [2.05, 4.69) is 9.71 Å². The maximum absolute atomic E-state index is 11.4. The minimum atomic E-state index is -3.47. The molecule has 1 aromatic rings. The van der Waals surface area contributed by atoms with Gasteiger partial charge in [0.15, 0.2) is 5.25 Å². The van der Waals surface area contributed by atoms with E-state index in [9.17, 15) is 8.42 Å². The summed E-state index contributed by atoms with van der Waals surface area (Å²) >= 11 is 0. The third kappa shape index (κ3) is 4.54. The van der Waals surface area contributed by atoms with Crippen LogP contribution in [0.15, 0.2) is 18.7 Å². The molecule has 0 aromatic carbocycles. The molecule has 1 N–H and O–H groups in total. The summed E-state index contributed by atoms with van der Waals surface area (Å²) in [5.41, 5.74) is 0. The highest BCUT2D eigenvalue weighted by atomic mass is 32.2. The van der Waals surface area contributed by atoms with Gasteiger partial charge in [0, 0.05) is 25.5 Å². The molecule has 0 fully saturated rings. The molecule has 0 saturated heterocycles. The maximum Gasteiger partial charge on any atom is 0.227 e. The average molecular weight is 256 g/mol. The van der Waals surface area contributed by atoms with E-state index in [1.165, 1.54) is 6.92 Å². The fraction of sp³-hybridized carbons (Fsp3) is 0.600. The molecule has 0 spiro atoms. The molecule has 0 bridgehead atoms. The number of nitrogens with zero attached hydrogens (tertiary/aromatic N) is 3. The molecule has 1 heterocycles. The first kappa shape index (κ1) is 13.7. The Kier molecular flexibility index (Phi) is 5.12. The number of aromatic nitrogens is 2. The summed E-state index contributed by atoms with van der Waals surface area (Å²) in [5, 5.41) is 7.52. The van der Waals surface area contributed by atoms with E-state index in [-0.39, 0.29) is 0 Å². The van der Waals surface area contributed by atoms with Crippen LogP contribution in [0.25, 0.3) is 0 Å². The Morgan fingerprint density at radius 2 is 2.29 bits per heavy atom. The molecule has 1 rings (SSSR count). The molecule has 1 aromatic heterocycles. The Morgan fingerprint density at radius 1 is 1.53 bits per heavy atom. The van der Waals surface area contributed by atoms with Gasteiger partial charge in [-0.25, -0.2) is 18.1 Å². The van der Waals surface area contributed by atoms with Gasteiger partial charge in [0.25, 0.3) is 0 Å². The second-order valence-corrected chi connectivity index (χ2v) is 5.80. The number of nitrogens with one attached hydrogen (secondary N) is 1. The number of sulfonamides is 1. The third-order valence-electron chi connectivity index (χ3n) is 2.35. The van der Waals surface area contributed by atoms with Crippen LogP contribution < -0.4 is 4.72 Å². The first-order chi connectivity index (χ1) is 8.06. The fourth-order valence-electron chi connectivity index (χ4n) is 1.25. The molecule has 6 nitrogen and oxygen atoms in total. The molecule has 0 aliphatic carbocycles. The standard InChI is InChI=1S/C10H16N4O2S/c1-10(8-11)17(15,16)13-4-2-3-6-14-7-5-12-9-14/h5,7,9-10,13H,2-4,6H2,1H3. The second-order valence-electron chi connectivity index (χ2n) is 3.72. The zero-order valence-electron chi connectivity index (χ0n) is 9.70. The molecular weight excluding hydrogens is 240 g/mol. The molecule has 1 atom stereocenters. The van der Waals surface area contributed by atoms with E-state index in [1.807, 2.05) is 10.8 Å². The molecule has 0 amide bonds. The zero-order valence-corrected chi connectivity index (χ0v) is 10.5. The monoisotopic (exact) mass is 256 g/mol. The number of hydrogen-bond acceptors (Lipinski definition) is 4. The van der Waals surface area contributed by atoms with Crippen LogP contribution in [-0.2, 0) is 16.6 Å². The van der Waals surface area contributed by atoms with Gasteiger partial charge in [0.1, 0.15) is 0 Å². The van der Waals surface area contributed by atoms with Crippen molar-refractivity contribution in [3.05, 3.63) is 18.7 Å². The van der Waals surface area contributed by atoms with Gasteiger partial charge in [0.05, 0.1) is 12.4 Å². The Bertz CT molecular complexity index is 461. The zero-order chi connectivity index (χ0) is 12.7. The van der Waals surface area contributed by atoms with E-state index < -0.39 is 15.3 Å². The van der Waals surface area contributed by atoms with Gasteiger partial charge < -0.3 is 4.57 Å². The normalized spacial score (nSPS) is 13.2. The van der Waals surface area contributed by atoms with Gasteiger partial charge >= 0.3 is 0 Å². The van der Waals surface area contributed by atoms with Crippen LogP contribution in [0.4, 0.5) is 0 Å². The van der Waals surface area contributed by atoms with Crippen molar-refractivity contribution in [3.8, 4) is 6.07 Å². The summed E-state index contributed by atoms with van der Waals surface area (Å²) in [4.78, 5) is 3.91. The minimum Gasteiger partial charge on any atom is -0.337 e. The molecule has 1 unspecified atom stereocenters. The fourth-order valence-corrected chi connectivity index (χ4v) is 2.06. The van der Waals surface area contributed by atoms with Crippen molar-refractivity contribution < 1.29 is 8.42 Å². The Balaban J connectivity index is 2.19. The van der Waals surface area contributed by atoms with Crippen molar-refractivity contribution in [2.24, 2.45) is 0 Å². The van der Waals surface area contributed by atoms with Crippen LogP contribution in [0, 0.1) is 11.3 Å². The highest BCUT2D eigenvalue weighted by Crippen LogP contribution is 1.98. The van der Waals surface area contributed by atoms with E-state index in [4.69, 9.17) is 5.26 Å². The lowest BCUT2D eigenvalue weighted by Crippen LogP contribution is -2.32. The topological polar surface area (TPSA) is 87.8 Å². The number of aryl methyl sites for hydroxylation is 1. The van der Waals surface area contributed by atoms with Gasteiger partial charge in [-0.1, -0.05) is 0 Å². The number of hydrogen-bond donors (Lipinski definition) is 1. The molecule has 0 aliphatic rings. The van der Waals surface area contributed by atoms with Crippen molar-refractivity contribution >= 4 is 10.0 Å². The Morgan fingerprint density at radius 3 is 2.88 bits per heavy atom. The molecule has 7 heteroatoms. The van der Waals surface area contributed by atoms with Gasteiger partial charge in [-0.05, 0) is 19.8 Å². The van der Waals surface area contributed by atoms with E-state index in [1.54, 1.807) is 18.6 Å². The molecule has 94 valence electrons. The lowest BCUT2D eigenvalue weighted by atomic mass is 10.3. The van der Waals surface area contributed by atoms with Gasteiger partial charge in [-0.3, -0.25) is 0 Å². The van der Waals surface area contributed by atoms with Crippen LogP contribution in [0.3, 0.4) is 0 Å². The molecule has 0 aliphatic heterocycles. The van der Waals surface area contributed by atoms with Gasteiger partial charge in [-0.15, -0.1) is 0 Å². The number of nitriles is 1. The first-order valence-electron chi connectivity index (χ1n) is 5.40. The lowest BCUT2D eigenvalue weighted by molar-refractivity contribution is 0.562. The largest absolute Gasteiger partial charge is 0.337 e. The molecule has 17 heavy (non-hydrogen) atoms. The molecule has 0 radical (unpaired) electrons. The molecule has 0 saturated carbocycles. The minimum absolute atomic E-state index is 0.364. The summed E-state index contributed by atoms with van der Waals surface area (Å²) in [6.45, 7) is 2.55. The summed E-state index contributed by atoms with van der Waals surface area (Å²) < 4.78 is 27.2. The number of unbranched alkanes of at least 4 members (excludes halogenated alkanes) is 1. The highest BCUT2D eigenvalue weighted by Gasteiger charge is 2.18. The van der Waals surface area contributed by atoms with E-state index in [0.717, 1.165) is 19.4 Å². The summed E-state index contributed by atoms with van der Waals surface area (Å²) in [7, 11) is -3.47. The van der Waals surface area contributed by atoms with Crippen LogP contribution in [0.5, 0.6) is 0 Å². The second kappa shape index (κ2) is 6.37. The van der Waals surface area contributed by atoms with Crippen molar-refractivity contribution in [1.82, 2.24) is 14.3 Å². The highest BCUT2D eigenvalue weighted by molar-refractivity contribution is 7.90. The third-order valence-corrected chi connectivity index (χ3v) is 4.00. The van der Waals surface area contributed by atoms with Crippen molar-refractivity contribution in [2.45, 2.75) is 31.6 Å².